The van der Waals surface area contributed by atoms with Crippen molar-refractivity contribution in [3.63, 3.8) is 0 Å². The van der Waals surface area contributed by atoms with Crippen molar-refractivity contribution >= 4 is 23.6 Å². The molecular formula is C17H26N2O3S. The van der Waals surface area contributed by atoms with Crippen LogP contribution in [0.3, 0.4) is 0 Å². The van der Waals surface area contributed by atoms with Crippen LogP contribution in [0, 0.1) is 0 Å². The van der Waals surface area contributed by atoms with E-state index >= 15 is 0 Å². The number of carbonyl (C=O) groups is 2. The van der Waals surface area contributed by atoms with Gasteiger partial charge in [0.05, 0.1) is 11.6 Å². The molecule has 1 aromatic rings. The van der Waals surface area contributed by atoms with E-state index in [0.29, 0.717) is 18.1 Å². The van der Waals surface area contributed by atoms with E-state index in [9.17, 15) is 9.59 Å². The van der Waals surface area contributed by atoms with Crippen LogP contribution < -0.4 is 11.1 Å². The maximum Gasteiger partial charge on any atom is 0.335 e. The number of rotatable bonds is 11. The van der Waals surface area contributed by atoms with Crippen LogP contribution in [-0.2, 0) is 10.5 Å². The molecule has 0 aliphatic rings. The van der Waals surface area contributed by atoms with Crippen molar-refractivity contribution in [1.29, 1.82) is 0 Å². The Balaban J connectivity index is 2.21. The molecule has 4 N–H and O–H groups in total. The number of thioether (sulfide) groups is 1. The molecule has 1 aromatic carbocycles. The number of nitrogens with two attached hydrogens (primary N) is 1. The van der Waals surface area contributed by atoms with Crippen molar-refractivity contribution in [1.82, 2.24) is 5.32 Å². The fourth-order valence-corrected chi connectivity index (χ4v) is 2.97. The standard InChI is InChI=1S/C17H26N2O3S/c1-2-3-4-5-10-19-16(20)15(18)12-23-11-13-6-8-14(9-7-13)17(21)22/h6-9,15H,2-5,10-12,18H2,1H3,(H,19,20)(H,21,22)/t15-/m1/s1. The van der Waals surface area contributed by atoms with E-state index in [4.69, 9.17) is 10.8 Å². The normalized spacial score (nSPS) is 11.9. The fraction of sp³-hybridized carbons (Fsp3) is 0.529. The van der Waals surface area contributed by atoms with Crippen LogP contribution in [0.5, 0.6) is 0 Å². The molecule has 0 fully saturated rings. The summed E-state index contributed by atoms with van der Waals surface area (Å²) in [5.41, 5.74) is 7.17. The third-order valence-electron chi connectivity index (χ3n) is 3.43. The van der Waals surface area contributed by atoms with E-state index < -0.39 is 12.0 Å². The van der Waals surface area contributed by atoms with Gasteiger partial charge in [0, 0.05) is 18.1 Å². The molecule has 0 aromatic heterocycles. The van der Waals surface area contributed by atoms with Gasteiger partial charge >= 0.3 is 5.97 Å². The molecule has 5 nitrogen and oxygen atoms in total. The third-order valence-corrected chi connectivity index (χ3v) is 4.57. The molecule has 128 valence electrons. The molecule has 0 radical (unpaired) electrons. The lowest BCUT2D eigenvalue weighted by molar-refractivity contribution is -0.121. The first-order chi connectivity index (χ1) is 11.0. The average Bonchev–Trinajstić information content (AvgIpc) is 2.54. The van der Waals surface area contributed by atoms with E-state index in [0.717, 1.165) is 18.4 Å². The maximum atomic E-state index is 11.8. The number of unbranched alkanes of at least 4 members (excludes halogenated alkanes) is 3. The second-order valence-electron chi connectivity index (χ2n) is 5.48. The van der Waals surface area contributed by atoms with Crippen LogP contribution in [0.4, 0.5) is 0 Å². The highest BCUT2D eigenvalue weighted by molar-refractivity contribution is 7.98. The van der Waals surface area contributed by atoms with E-state index in [1.807, 2.05) is 0 Å². The van der Waals surface area contributed by atoms with Gasteiger partial charge in [-0.15, -0.1) is 0 Å². The van der Waals surface area contributed by atoms with Gasteiger partial charge in [-0.3, -0.25) is 4.79 Å². The molecule has 0 heterocycles. The molecule has 6 heteroatoms. The van der Waals surface area contributed by atoms with Crippen LogP contribution in [0.15, 0.2) is 24.3 Å². The van der Waals surface area contributed by atoms with Crippen LogP contribution in [0.2, 0.25) is 0 Å². The van der Waals surface area contributed by atoms with Crippen molar-refractivity contribution in [2.75, 3.05) is 12.3 Å². The summed E-state index contributed by atoms with van der Waals surface area (Å²) in [4.78, 5) is 22.6. The van der Waals surface area contributed by atoms with Crippen LogP contribution in [0.25, 0.3) is 0 Å². The van der Waals surface area contributed by atoms with Crippen molar-refractivity contribution in [2.45, 2.75) is 44.4 Å². The SMILES string of the molecule is CCCCCCNC(=O)[C@H](N)CSCc1ccc(C(=O)O)cc1. The Bertz CT molecular complexity index is 491. The summed E-state index contributed by atoms with van der Waals surface area (Å²) in [5, 5.41) is 11.7. The molecule has 0 aliphatic carbocycles. The fourth-order valence-electron chi connectivity index (χ4n) is 2.02. The molecule has 1 rings (SSSR count). The van der Waals surface area contributed by atoms with E-state index in [1.165, 1.54) is 12.8 Å². The Hall–Kier alpha value is -1.53. The molecule has 1 atom stereocenters. The number of hydrogen-bond acceptors (Lipinski definition) is 4. The predicted octanol–water partition coefficient (Wildman–Crippen LogP) is 2.64. The number of carboxylic acid groups (broad SMARTS) is 1. The monoisotopic (exact) mass is 338 g/mol. The Morgan fingerprint density at radius 3 is 2.52 bits per heavy atom. The first-order valence-electron chi connectivity index (χ1n) is 7.98. The van der Waals surface area contributed by atoms with Gasteiger partial charge in [0.25, 0.3) is 0 Å². The number of benzene rings is 1. The largest absolute Gasteiger partial charge is 0.478 e. The number of aromatic carboxylic acids is 1. The van der Waals surface area contributed by atoms with Crippen LogP contribution >= 0.6 is 11.8 Å². The Labute approximate surface area is 142 Å². The quantitative estimate of drug-likeness (QED) is 0.539. The summed E-state index contributed by atoms with van der Waals surface area (Å²) in [6, 6.07) is 6.23. The molecule has 0 saturated heterocycles. The zero-order valence-electron chi connectivity index (χ0n) is 13.6. The van der Waals surface area contributed by atoms with Crippen LogP contribution in [-0.4, -0.2) is 35.3 Å². The minimum atomic E-state index is -0.929. The topological polar surface area (TPSA) is 92.4 Å². The molecule has 0 spiro atoms. The second kappa shape index (κ2) is 11.1. The molecule has 0 unspecified atom stereocenters. The predicted molar refractivity (Wildman–Crippen MR) is 94.7 cm³/mol. The molecule has 0 aliphatic heterocycles. The second-order valence-corrected chi connectivity index (χ2v) is 6.51. The number of carboxylic acids is 1. The smallest absolute Gasteiger partial charge is 0.335 e. The van der Waals surface area contributed by atoms with E-state index in [-0.39, 0.29) is 11.5 Å². The minimum Gasteiger partial charge on any atom is -0.478 e. The molecule has 1 amide bonds. The average molecular weight is 338 g/mol. The third kappa shape index (κ3) is 8.04. The summed E-state index contributed by atoms with van der Waals surface area (Å²) in [5.74, 6) is 0.218. The van der Waals surface area contributed by atoms with Gasteiger partial charge in [0.2, 0.25) is 5.91 Å². The highest BCUT2D eigenvalue weighted by Gasteiger charge is 2.12. The Morgan fingerprint density at radius 2 is 1.91 bits per heavy atom. The van der Waals surface area contributed by atoms with Gasteiger partial charge in [0.1, 0.15) is 0 Å². The van der Waals surface area contributed by atoms with Crippen molar-refractivity contribution in [3.8, 4) is 0 Å². The van der Waals surface area contributed by atoms with Gasteiger partial charge in [0.15, 0.2) is 0 Å². The summed E-state index contributed by atoms with van der Waals surface area (Å²) in [6.07, 6.45) is 4.50. The molecule has 23 heavy (non-hydrogen) atoms. The lowest BCUT2D eigenvalue weighted by Crippen LogP contribution is -2.42. The van der Waals surface area contributed by atoms with Crippen molar-refractivity contribution in [2.24, 2.45) is 5.73 Å². The maximum absolute atomic E-state index is 11.8. The molecular weight excluding hydrogens is 312 g/mol. The minimum absolute atomic E-state index is 0.102. The highest BCUT2D eigenvalue weighted by atomic mass is 32.2. The summed E-state index contributed by atoms with van der Waals surface area (Å²) < 4.78 is 0. The van der Waals surface area contributed by atoms with E-state index in [1.54, 1.807) is 36.0 Å². The lowest BCUT2D eigenvalue weighted by atomic mass is 10.1. The number of nitrogens with one attached hydrogen (secondary N) is 1. The van der Waals surface area contributed by atoms with Crippen molar-refractivity contribution in [3.05, 3.63) is 35.4 Å². The number of hydrogen-bond donors (Lipinski definition) is 3. The molecule has 0 saturated carbocycles. The Kier molecular flexibility index (Phi) is 9.40. The van der Waals surface area contributed by atoms with Gasteiger partial charge in [-0.1, -0.05) is 38.3 Å². The summed E-state index contributed by atoms with van der Waals surface area (Å²) in [7, 11) is 0. The van der Waals surface area contributed by atoms with Gasteiger partial charge < -0.3 is 16.2 Å². The van der Waals surface area contributed by atoms with E-state index in [2.05, 4.69) is 12.2 Å². The number of carbonyl (C=O) groups excluding carboxylic acids is 1. The van der Waals surface area contributed by atoms with Crippen LogP contribution in [0.1, 0.15) is 48.5 Å². The first kappa shape index (κ1) is 19.5. The summed E-state index contributed by atoms with van der Waals surface area (Å²) in [6.45, 7) is 2.84. The highest BCUT2D eigenvalue weighted by Crippen LogP contribution is 2.14. The lowest BCUT2D eigenvalue weighted by Gasteiger charge is -2.12. The molecule has 0 bridgehead atoms. The summed E-state index contributed by atoms with van der Waals surface area (Å²) >= 11 is 1.57. The number of amides is 1. The van der Waals surface area contributed by atoms with Gasteiger partial charge in [-0.05, 0) is 24.1 Å². The Morgan fingerprint density at radius 1 is 1.22 bits per heavy atom. The van der Waals surface area contributed by atoms with Gasteiger partial charge in [-0.25, -0.2) is 4.79 Å². The van der Waals surface area contributed by atoms with Gasteiger partial charge in [-0.2, -0.15) is 11.8 Å². The zero-order chi connectivity index (χ0) is 17.1. The first-order valence-corrected chi connectivity index (χ1v) is 9.13. The van der Waals surface area contributed by atoms with Crippen molar-refractivity contribution < 1.29 is 14.7 Å². The zero-order valence-corrected chi connectivity index (χ0v) is 14.4.